The average Bonchev–Trinajstić information content (AvgIpc) is 2.86. The summed E-state index contributed by atoms with van der Waals surface area (Å²) < 4.78 is 0. The van der Waals surface area contributed by atoms with Crippen molar-refractivity contribution in [1.29, 1.82) is 0 Å². The maximum atomic E-state index is 12.4. The molecule has 1 aromatic heterocycles. The van der Waals surface area contributed by atoms with E-state index in [-0.39, 0.29) is 23.6 Å². The molecule has 9 heteroatoms. The van der Waals surface area contributed by atoms with Crippen molar-refractivity contribution in [3.63, 3.8) is 0 Å². The van der Waals surface area contributed by atoms with Gasteiger partial charge in [-0.3, -0.25) is 14.4 Å². The molecule has 2 aromatic carbocycles. The molecule has 0 unspecified atom stereocenters. The zero-order valence-electron chi connectivity index (χ0n) is 19.5. The molecular formula is C26H28N6O3. The minimum Gasteiger partial charge on any atom is -0.355 e. The van der Waals surface area contributed by atoms with E-state index in [4.69, 9.17) is 0 Å². The van der Waals surface area contributed by atoms with Crippen molar-refractivity contribution >= 4 is 29.2 Å². The molecule has 1 fully saturated rings. The van der Waals surface area contributed by atoms with Gasteiger partial charge in [-0.2, -0.15) is 0 Å². The lowest BCUT2D eigenvalue weighted by atomic mass is 9.99. The number of carbonyl (C=O) groups excluding carboxylic acids is 3. The number of nitrogens with zero attached hydrogens (tertiary/aromatic N) is 3. The predicted molar refractivity (Wildman–Crippen MR) is 134 cm³/mol. The normalized spacial score (nSPS) is 13.0. The van der Waals surface area contributed by atoms with Crippen LogP contribution in [0.15, 0.2) is 67.0 Å². The highest BCUT2D eigenvalue weighted by atomic mass is 16.2. The molecule has 0 atom stereocenters. The number of aromatic nitrogens is 2. The van der Waals surface area contributed by atoms with Crippen LogP contribution in [0.25, 0.3) is 11.3 Å². The van der Waals surface area contributed by atoms with E-state index in [0.717, 1.165) is 17.1 Å². The lowest BCUT2D eigenvalue weighted by Gasteiger charge is -2.39. The molecular weight excluding hydrogens is 444 g/mol. The Kier molecular flexibility index (Phi) is 7.67. The van der Waals surface area contributed by atoms with Gasteiger partial charge in [0.15, 0.2) is 0 Å². The van der Waals surface area contributed by atoms with Crippen molar-refractivity contribution in [2.24, 2.45) is 5.92 Å². The number of rotatable bonds is 9. The molecule has 0 bridgehead atoms. The third-order valence-electron chi connectivity index (χ3n) is 5.76. The minimum absolute atomic E-state index is 0.0381. The molecule has 4 rings (SSSR count). The lowest BCUT2D eigenvalue weighted by molar-refractivity contribution is -0.125. The molecule has 3 N–H and O–H groups in total. The predicted octanol–water partition coefficient (Wildman–Crippen LogP) is 2.47. The summed E-state index contributed by atoms with van der Waals surface area (Å²) in [4.78, 5) is 46.9. The number of hydrogen-bond donors (Lipinski definition) is 3. The Morgan fingerprint density at radius 3 is 2.37 bits per heavy atom. The van der Waals surface area contributed by atoms with Gasteiger partial charge in [-0.25, -0.2) is 9.97 Å². The maximum absolute atomic E-state index is 12.4. The van der Waals surface area contributed by atoms with Gasteiger partial charge in [-0.05, 0) is 24.3 Å². The van der Waals surface area contributed by atoms with Crippen molar-refractivity contribution < 1.29 is 14.4 Å². The molecule has 1 aliphatic heterocycles. The van der Waals surface area contributed by atoms with E-state index in [1.54, 1.807) is 37.5 Å². The Bertz CT molecular complexity index is 1180. The Morgan fingerprint density at radius 2 is 1.66 bits per heavy atom. The van der Waals surface area contributed by atoms with E-state index < -0.39 is 0 Å². The number of carbonyl (C=O) groups is 3. The van der Waals surface area contributed by atoms with Crippen LogP contribution in [0.4, 0.5) is 11.5 Å². The van der Waals surface area contributed by atoms with Crippen LogP contribution in [-0.2, 0) is 9.59 Å². The van der Waals surface area contributed by atoms with Crippen LogP contribution < -0.4 is 20.9 Å². The first-order chi connectivity index (χ1) is 17.0. The number of amides is 3. The summed E-state index contributed by atoms with van der Waals surface area (Å²) in [5.74, 6) is 0.327. The molecule has 35 heavy (non-hydrogen) atoms. The van der Waals surface area contributed by atoms with Gasteiger partial charge in [-0.1, -0.05) is 37.3 Å². The van der Waals surface area contributed by atoms with Gasteiger partial charge in [0.05, 0.1) is 11.6 Å². The van der Waals surface area contributed by atoms with Gasteiger partial charge in [0.25, 0.3) is 5.91 Å². The smallest absolute Gasteiger partial charge is 0.251 e. The SMILES string of the molecule is CCC(=O)Nc1ccc(C(=O)NCCNC(=O)C2CN(c3cc(-c4ccccc4)ncn3)C2)cc1. The monoisotopic (exact) mass is 472 g/mol. The van der Waals surface area contributed by atoms with Crippen molar-refractivity contribution in [3.05, 3.63) is 72.6 Å². The Morgan fingerprint density at radius 1 is 0.943 bits per heavy atom. The van der Waals surface area contributed by atoms with Crippen LogP contribution in [0.2, 0.25) is 0 Å². The van der Waals surface area contributed by atoms with E-state index in [1.165, 1.54) is 0 Å². The zero-order valence-corrected chi connectivity index (χ0v) is 19.5. The summed E-state index contributed by atoms with van der Waals surface area (Å²) in [7, 11) is 0. The second kappa shape index (κ2) is 11.2. The van der Waals surface area contributed by atoms with Crippen LogP contribution in [-0.4, -0.2) is 53.9 Å². The summed E-state index contributed by atoms with van der Waals surface area (Å²) in [6.07, 6.45) is 1.94. The lowest BCUT2D eigenvalue weighted by Crippen LogP contribution is -2.54. The molecule has 3 aromatic rings. The van der Waals surface area contributed by atoms with Gasteiger partial charge in [0, 0.05) is 55.5 Å². The van der Waals surface area contributed by atoms with Crippen molar-refractivity contribution in [2.75, 3.05) is 36.4 Å². The second-order valence-electron chi connectivity index (χ2n) is 8.26. The molecule has 0 spiro atoms. The van der Waals surface area contributed by atoms with Crippen molar-refractivity contribution in [1.82, 2.24) is 20.6 Å². The third-order valence-corrected chi connectivity index (χ3v) is 5.76. The molecule has 0 saturated carbocycles. The molecule has 180 valence electrons. The fraction of sp³-hybridized carbons (Fsp3) is 0.269. The summed E-state index contributed by atoms with van der Waals surface area (Å²) in [6.45, 7) is 3.62. The molecule has 0 aliphatic carbocycles. The van der Waals surface area contributed by atoms with Crippen molar-refractivity contribution in [3.8, 4) is 11.3 Å². The van der Waals surface area contributed by atoms with Crippen LogP contribution >= 0.6 is 0 Å². The molecule has 9 nitrogen and oxygen atoms in total. The first kappa shape index (κ1) is 23.9. The largest absolute Gasteiger partial charge is 0.355 e. The number of anilines is 2. The Balaban J connectivity index is 1.17. The highest BCUT2D eigenvalue weighted by Crippen LogP contribution is 2.26. The third kappa shape index (κ3) is 6.20. The maximum Gasteiger partial charge on any atom is 0.251 e. The summed E-state index contributed by atoms with van der Waals surface area (Å²) in [5.41, 5.74) is 3.00. The van der Waals surface area contributed by atoms with Crippen LogP contribution in [0, 0.1) is 5.92 Å². The Hall–Kier alpha value is -4.27. The van der Waals surface area contributed by atoms with Gasteiger partial charge < -0.3 is 20.9 Å². The van der Waals surface area contributed by atoms with Gasteiger partial charge in [0.1, 0.15) is 12.1 Å². The molecule has 3 amide bonds. The number of nitrogens with one attached hydrogen (secondary N) is 3. The first-order valence-corrected chi connectivity index (χ1v) is 11.6. The standard InChI is InChI=1S/C26H28N6O3/c1-2-24(33)31-21-10-8-19(9-11-21)25(34)27-12-13-28-26(35)20-15-32(16-20)23-14-22(29-17-30-23)18-6-4-3-5-7-18/h3-11,14,17,20H,2,12-13,15-16H2,1H3,(H,27,34)(H,28,35)(H,31,33). The fourth-order valence-electron chi connectivity index (χ4n) is 3.68. The molecule has 0 radical (unpaired) electrons. The zero-order chi connectivity index (χ0) is 24.6. The fourth-order valence-corrected chi connectivity index (χ4v) is 3.68. The average molecular weight is 473 g/mol. The number of hydrogen-bond acceptors (Lipinski definition) is 6. The van der Waals surface area contributed by atoms with E-state index in [2.05, 4.69) is 25.9 Å². The Labute approximate surface area is 204 Å². The summed E-state index contributed by atoms with van der Waals surface area (Å²) >= 11 is 0. The van der Waals surface area contributed by atoms with E-state index in [0.29, 0.717) is 43.9 Å². The van der Waals surface area contributed by atoms with E-state index in [1.807, 2.05) is 41.3 Å². The molecule has 2 heterocycles. The number of benzene rings is 2. The highest BCUT2D eigenvalue weighted by molar-refractivity contribution is 5.95. The summed E-state index contributed by atoms with van der Waals surface area (Å²) in [5, 5.41) is 8.41. The van der Waals surface area contributed by atoms with Gasteiger partial charge in [-0.15, -0.1) is 0 Å². The van der Waals surface area contributed by atoms with E-state index in [9.17, 15) is 14.4 Å². The van der Waals surface area contributed by atoms with Crippen molar-refractivity contribution in [2.45, 2.75) is 13.3 Å². The minimum atomic E-state index is -0.236. The van der Waals surface area contributed by atoms with Gasteiger partial charge in [0.2, 0.25) is 11.8 Å². The quantitative estimate of drug-likeness (QED) is 0.412. The molecule has 1 aliphatic rings. The summed E-state index contributed by atoms with van der Waals surface area (Å²) in [6, 6.07) is 18.5. The topological polar surface area (TPSA) is 116 Å². The molecule has 1 saturated heterocycles. The van der Waals surface area contributed by atoms with E-state index >= 15 is 0 Å². The first-order valence-electron chi connectivity index (χ1n) is 11.6. The van der Waals surface area contributed by atoms with Crippen LogP contribution in [0.1, 0.15) is 23.7 Å². The second-order valence-corrected chi connectivity index (χ2v) is 8.26. The van der Waals surface area contributed by atoms with Gasteiger partial charge >= 0.3 is 0 Å². The van der Waals surface area contributed by atoms with Crippen LogP contribution in [0.5, 0.6) is 0 Å². The van der Waals surface area contributed by atoms with Crippen LogP contribution in [0.3, 0.4) is 0 Å². The highest BCUT2D eigenvalue weighted by Gasteiger charge is 2.33.